The van der Waals surface area contributed by atoms with Crippen LogP contribution in [0.15, 0.2) is 127 Å². The van der Waals surface area contributed by atoms with Crippen LogP contribution >= 0.6 is 0 Å². The van der Waals surface area contributed by atoms with Gasteiger partial charge in [0.05, 0.1) is 5.69 Å². The quantitative estimate of drug-likeness (QED) is 0.183. The fraction of sp³-hybridized carbons (Fsp3) is 0.320. The van der Waals surface area contributed by atoms with Crippen molar-refractivity contribution in [3.05, 3.63) is 150 Å². The molecule has 1 heteroatoms. The van der Waals surface area contributed by atoms with E-state index >= 15 is 0 Å². The average Bonchev–Trinajstić information content (AvgIpc) is 3.61. The van der Waals surface area contributed by atoms with E-state index in [1.54, 1.807) is 22.3 Å². The predicted octanol–water partition coefficient (Wildman–Crippen LogP) is 13.3. The van der Waals surface area contributed by atoms with Gasteiger partial charge in [0.1, 0.15) is 0 Å². The SMILES string of the molecule is c1ccc2c(c1)-c1ccc(N(c3ccc4c(c3)-c3ccccc3C43C4CC5CC(C4)CC3C5)c3cccc4ccccc34)cc1C21CCCCC1. The summed E-state index contributed by atoms with van der Waals surface area (Å²) in [5, 5.41) is 2.59. The molecule has 1 nitrogen and oxygen atoms in total. The Balaban J connectivity index is 1.08. The molecule has 0 atom stereocenters. The topological polar surface area (TPSA) is 3.24 Å². The molecule has 0 radical (unpaired) electrons. The summed E-state index contributed by atoms with van der Waals surface area (Å²) in [6.07, 6.45) is 13.6. The minimum Gasteiger partial charge on any atom is -0.310 e. The fourth-order valence-corrected chi connectivity index (χ4v) is 13.4. The minimum absolute atomic E-state index is 0.118. The molecule has 5 saturated carbocycles. The van der Waals surface area contributed by atoms with Crippen molar-refractivity contribution in [1.82, 2.24) is 0 Å². The molecule has 0 amide bonds. The molecule has 0 N–H and O–H groups in total. The number of benzene rings is 6. The third-order valence-electron chi connectivity index (χ3n) is 15.0. The highest BCUT2D eigenvalue weighted by atomic mass is 15.1. The van der Waals surface area contributed by atoms with Crippen molar-refractivity contribution in [3.8, 4) is 22.3 Å². The summed E-state index contributed by atoms with van der Waals surface area (Å²) in [4.78, 5) is 2.60. The van der Waals surface area contributed by atoms with E-state index in [0.29, 0.717) is 0 Å². The van der Waals surface area contributed by atoms with Crippen molar-refractivity contribution >= 4 is 27.8 Å². The van der Waals surface area contributed by atoms with Crippen LogP contribution < -0.4 is 4.90 Å². The van der Waals surface area contributed by atoms with Gasteiger partial charge < -0.3 is 4.90 Å². The van der Waals surface area contributed by atoms with Gasteiger partial charge in [0, 0.05) is 27.6 Å². The number of fused-ring (bicyclic) bond motifs is 9. The Morgan fingerprint density at radius 1 is 0.451 bits per heavy atom. The van der Waals surface area contributed by atoms with Gasteiger partial charge in [-0.25, -0.2) is 0 Å². The second-order valence-electron chi connectivity index (χ2n) is 17.2. The molecular formula is C50H45N. The molecule has 2 spiro atoms. The molecule has 6 aromatic rings. The van der Waals surface area contributed by atoms with Crippen LogP contribution in [0.1, 0.15) is 86.5 Å². The molecule has 0 saturated heterocycles. The third-order valence-corrected chi connectivity index (χ3v) is 15.0. The summed E-state index contributed by atoms with van der Waals surface area (Å²) in [6.45, 7) is 0. The van der Waals surface area contributed by atoms with Gasteiger partial charge in [-0.15, -0.1) is 0 Å². The largest absolute Gasteiger partial charge is 0.310 e. The average molecular weight is 660 g/mol. The van der Waals surface area contributed by atoms with Crippen LogP contribution in [-0.2, 0) is 10.8 Å². The summed E-state index contributed by atoms with van der Waals surface area (Å²) in [7, 11) is 0. The lowest BCUT2D eigenvalue weighted by Gasteiger charge is -2.61. The van der Waals surface area contributed by atoms with E-state index in [1.165, 1.54) is 114 Å². The number of hydrogen-bond acceptors (Lipinski definition) is 1. The lowest BCUT2D eigenvalue weighted by molar-refractivity contribution is -0.0399. The zero-order valence-electron chi connectivity index (χ0n) is 29.5. The van der Waals surface area contributed by atoms with Gasteiger partial charge >= 0.3 is 0 Å². The Hall–Kier alpha value is -4.62. The molecule has 7 aliphatic carbocycles. The monoisotopic (exact) mass is 659 g/mol. The Bertz CT molecular complexity index is 2360. The first-order chi connectivity index (χ1) is 25.2. The van der Waals surface area contributed by atoms with Gasteiger partial charge in [-0.2, -0.15) is 0 Å². The van der Waals surface area contributed by atoms with E-state index in [4.69, 9.17) is 0 Å². The summed E-state index contributed by atoms with van der Waals surface area (Å²) in [5.41, 5.74) is 16.4. The Labute approximate surface area is 302 Å². The first-order valence-electron chi connectivity index (χ1n) is 20.0. The van der Waals surface area contributed by atoms with Crippen molar-refractivity contribution in [3.63, 3.8) is 0 Å². The Morgan fingerprint density at radius 2 is 1.06 bits per heavy atom. The van der Waals surface area contributed by atoms with E-state index in [9.17, 15) is 0 Å². The fourth-order valence-electron chi connectivity index (χ4n) is 13.4. The van der Waals surface area contributed by atoms with Crippen LogP contribution in [-0.4, -0.2) is 0 Å². The second kappa shape index (κ2) is 10.5. The molecule has 6 aromatic carbocycles. The van der Waals surface area contributed by atoms with Crippen LogP contribution in [0, 0.1) is 23.7 Å². The Kier molecular flexibility index (Phi) is 5.96. The van der Waals surface area contributed by atoms with Crippen LogP contribution in [0.3, 0.4) is 0 Å². The van der Waals surface area contributed by atoms with E-state index in [0.717, 1.165) is 23.7 Å². The molecule has 0 unspecified atom stereocenters. The first kappa shape index (κ1) is 29.0. The summed E-state index contributed by atoms with van der Waals surface area (Å²) in [6, 6.07) is 49.9. The third kappa shape index (κ3) is 3.78. The van der Waals surface area contributed by atoms with Gasteiger partial charge in [0.15, 0.2) is 0 Å². The van der Waals surface area contributed by atoms with Crippen molar-refractivity contribution in [2.45, 2.75) is 75.0 Å². The first-order valence-corrected chi connectivity index (χ1v) is 20.0. The van der Waals surface area contributed by atoms with E-state index < -0.39 is 0 Å². The number of hydrogen-bond donors (Lipinski definition) is 0. The van der Waals surface area contributed by atoms with E-state index in [1.807, 2.05) is 0 Å². The van der Waals surface area contributed by atoms with Crippen molar-refractivity contribution < 1.29 is 0 Å². The molecule has 4 bridgehead atoms. The molecule has 7 aliphatic rings. The minimum atomic E-state index is 0.118. The summed E-state index contributed by atoms with van der Waals surface area (Å²) >= 11 is 0. The van der Waals surface area contributed by atoms with E-state index in [2.05, 4.69) is 132 Å². The number of rotatable bonds is 3. The highest BCUT2D eigenvalue weighted by Gasteiger charge is 2.61. The number of nitrogens with zero attached hydrogens (tertiary/aromatic N) is 1. The second-order valence-corrected chi connectivity index (χ2v) is 17.2. The normalized spacial score (nSPS) is 27.1. The van der Waals surface area contributed by atoms with Gasteiger partial charge in [0.25, 0.3) is 0 Å². The highest BCUT2D eigenvalue weighted by Crippen LogP contribution is 2.69. The Morgan fingerprint density at radius 3 is 1.86 bits per heavy atom. The highest BCUT2D eigenvalue weighted by molar-refractivity contribution is 6.00. The van der Waals surface area contributed by atoms with Crippen molar-refractivity contribution in [2.75, 3.05) is 4.90 Å². The van der Waals surface area contributed by atoms with Crippen molar-refractivity contribution in [1.29, 1.82) is 0 Å². The van der Waals surface area contributed by atoms with Gasteiger partial charge in [-0.3, -0.25) is 0 Å². The van der Waals surface area contributed by atoms with Gasteiger partial charge in [-0.1, -0.05) is 116 Å². The lowest BCUT2D eigenvalue weighted by atomic mass is 9.43. The van der Waals surface area contributed by atoms with Crippen LogP contribution in [0.4, 0.5) is 17.1 Å². The molecular weight excluding hydrogens is 615 g/mol. The standard InChI is InChI=1S/C50H45N/c1-8-23-49(24-9-1)44-16-6-4-14-40(44)42-21-19-38(31-47(42)49)51(48-18-10-12-34-11-2-3-13-39(34)48)37-20-22-46-43(30-37)41-15-5-7-17-45(41)50(46)35-26-32-25-33(28-35)29-36(50)27-32/h2-7,10-22,30-33,35-36H,1,8-9,23-29H2. The zero-order valence-corrected chi connectivity index (χ0v) is 29.5. The molecule has 0 heterocycles. The number of anilines is 3. The smallest absolute Gasteiger partial charge is 0.0540 e. The van der Waals surface area contributed by atoms with Gasteiger partial charge in [-0.05, 0) is 149 Å². The van der Waals surface area contributed by atoms with Crippen LogP contribution in [0.25, 0.3) is 33.0 Å². The maximum absolute atomic E-state index is 2.60. The molecule has 13 rings (SSSR count). The summed E-state index contributed by atoms with van der Waals surface area (Å²) < 4.78 is 0. The molecule has 51 heavy (non-hydrogen) atoms. The lowest BCUT2D eigenvalue weighted by Crippen LogP contribution is -2.55. The molecule has 5 fully saturated rings. The predicted molar refractivity (Wildman–Crippen MR) is 211 cm³/mol. The maximum atomic E-state index is 2.60. The zero-order chi connectivity index (χ0) is 33.3. The summed E-state index contributed by atoms with van der Waals surface area (Å²) in [5.74, 6) is 3.46. The molecule has 0 aliphatic heterocycles. The van der Waals surface area contributed by atoms with Crippen LogP contribution in [0.5, 0.6) is 0 Å². The molecule has 250 valence electrons. The van der Waals surface area contributed by atoms with Crippen molar-refractivity contribution in [2.24, 2.45) is 23.7 Å². The van der Waals surface area contributed by atoms with Crippen LogP contribution in [0.2, 0.25) is 0 Å². The molecule has 0 aromatic heterocycles. The maximum Gasteiger partial charge on any atom is 0.0540 e. The van der Waals surface area contributed by atoms with Gasteiger partial charge in [0.2, 0.25) is 0 Å². The van der Waals surface area contributed by atoms with E-state index in [-0.39, 0.29) is 10.8 Å².